The third-order valence-electron chi connectivity index (χ3n) is 8.37. The van der Waals surface area contributed by atoms with E-state index in [9.17, 15) is 14.7 Å². The molecule has 0 spiro atoms. The van der Waals surface area contributed by atoms with Crippen molar-refractivity contribution in [2.24, 2.45) is 29.1 Å². The zero-order chi connectivity index (χ0) is 24.3. The molecule has 2 aliphatic rings. The van der Waals surface area contributed by atoms with Crippen LogP contribution in [0.4, 0.5) is 0 Å². The monoisotopic (exact) mass is 464 g/mol. The second-order valence-electron chi connectivity index (χ2n) is 10.4. The van der Waals surface area contributed by atoms with Crippen molar-refractivity contribution in [1.82, 2.24) is 20.6 Å². The molecule has 3 N–H and O–H groups in total. The summed E-state index contributed by atoms with van der Waals surface area (Å²) < 4.78 is 0. The maximum Gasteiger partial charge on any atom is 0.251 e. The second kappa shape index (κ2) is 10.2. The van der Waals surface area contributed by atoms with E-state index in [1.165, 1.54) is 0 Å². The van der Waals surface area contributed by atoms with E-state index in [0.717, 1.165) is 31.4 Å². The van der Waals surface area contributed by atoms with Crippen molar-refractivity contribution in [2.45, 2.75) is 65.1 Å². The molecule has 2 aromatic heterocycles. The molecule has 0 radical (unpaired) electrons. The summed E-state index contributed by atoms with van der Waals surface area (Å²) in [5, 5.41) is 17.7. The van der Waals surface area contributed by atoms with Crippen molar-refractivity contribution in [3.63, 3.8) is 0 Å². The molecule has 0 aromatic carbocycles. The second-order valence-corrected chi connectivity index (χ2v) is 10.4. The van der Waals surface area contributed by atoms with Crippen LogP contribution in [0.3, 0.4) is 0 Å². The van der Waals surface area contributed by atoms with Gasteiger partial charge < -0.3 is 15.7 Å². The van der Waals surface area contributed by atoms with Crippen molar-refractivity contribution in [1.29, 1.82) is 0 Å². The summed E-state index contributed by atoms with van der Waals surface area (Å²) in [6, 6.07) is 9.04. The Morgan fingerprint density at radius 2 is 1.88 bits per heavy atom. The van der Waals surface area contributed by atoms with Gasteiger partial charge in [0.15, 0.2) is 0 Å². The first kappa shape index (κ1) is 24.3. The zero-order valence-electron chi connectivity index (χ0n) is 20.3. The molecule has 7 nitrogen and oxygen atoms in total. The third-order valence-corrected chi connectivity index (χ3v) is 8.37. The summed E-state index contributed by atoms with van der Waals surface area (Å²) >= 11 is 0. The Balaban J connectivity index is 1.42. The number of aliphatic hydroxyl groups is 1. The maximum absolute atomic E-state index is 12.9. The van der Waals surface area contributed by atoms with Gasteiger partial charge in [0, 0.05) is 36.1 Å². The van der Waals surface area contributed by atoms with E-state index in [2.05, 4.69) is 34.4 Å². The average molecular weight is 465 g/mol. The van der Waals surface area contributed by atoms with Gasteiger partial charge in [0.25, 0.3) is 5.91 Å². The van der Waals surface area contributed by atoms with E-state index >= 15 is 0 Å². The van der Waals surface area contributed by atoms with Crippen LogP contribution in [0.2, 0.25) is 0 Å². The van der Waals surface area contributed by atoms with E-state index in [-0.39, 0.29) is 46.9 Å². The highest BCUT2D eigenvalue weighted by atomic mass is 16.3. The highest BCUT2D eigenvalue weighted by molar-refractivity contribution is 5.94. The minimum Gasteiger partial charge on any atom is -0.392 e. The van der Waals surface area contributed by atoms with Crippen LogP contribution in [0.5, 0.6) is 0 Å². The van der Waals surface area contributed by atoms with E-state index in [0.29, 0.717) is 12.1 Å². The minimum atomic E-state index is -0.593. The molecule has 0 bridgehead atoms. The molecule has 4 rings (SSSR count). The Morgan fingerprint density at radius 3 is 2.59 bits per heavy atom. The summed E-state index contributed by atoms with van der Waals surface area (Å²) in [5.41, 5.74) is 1.42. The van der Waals surface area contributed by atoms with E-state index < -0.39 is 6.10 Å². The highest BCUT2D eigenvalue weighted by Crippen LogP contribution is 2.55. The number of carbonyl (C=O) groups is 2. The van der Waals surface area contributed by atoms with E-state index in [1.54, 1.807) is 30.7 Å². The Kier molecular flexibility index (Phi) is 7.31. The molecule has 0 saturated heterocycles. The zero-order valence-corrected chi connectivity index (χ0v) is 20.3. The molecule has 2 aliphatic carbocycles. The highest BCUT2D eigenvalue weighted by Gasteiger charge is 2.53. The van der Waals surface area contributed by atoms with Gasteiger partial charge in [-0.1, -0.05) is 26.8 Å². The number of hydrogen-bond donors (Lipinski definition) is 3. The fraction of sp³-hybridized carbons (Fsp3) is 0.556. The SMILES string of the molecule is C[C@H]1[C@@H]2[C@@H](O)[C@H]([C@H](C)C(=O)NCc3ccccn3)CC[C@@]2(C)CC[C@@H]1NC(=O)c1ccncc1. The Labute approximate surface area is 201 Å². The van der Waals surface area contributed by atoms with Gasteiger partial charge in [-0.25, -0.2) is 0 Å². The molecular formula is C27H36N4O3. The van der Waals surface area contributed by atoms with Crippen LogP contribution in [0.15, 0.2) is 48.9 Å². The van der Waals surface area contributed by atoms with Crippen LogP contribution >= 0.6 is 0 Å². The number of nitrogens with zero attached hydrogens (tertiary/aromatic N) is 2. The molecular weight excluding hydrogens is 428 g/mol. The van der Waals surface area contributed by atoms with Gasteiger partial charge in [-0.15, -0.1) is 0 Å². The molecule has 182 valence electrons. The van der Waals surface area contributed by atoms with Crippen LogP contribution in [-0.4, -0.2) is 39.0 Å². The fourth-order valence-electron chi connectivity index (χ4n) is 6.29. The van der Waals surface area contributed by atoms with Crippen molar-refractivity contribution in [3.05, 3.63) is 60.2 Å². The van der Waals surface area contributed by atoms with Crippen LogP contribution in [0.1, 0.15) is 62.5 Å². The Hall–Kier alpha value is -2.80. The third kappa shape index (κ3) is 4.99. The van der Waals surface area contributed by atoms with Crippen molar-refractivity contribution >= 4 is 11.8 Å². The number of rotatable bonds is 6. The van der Waals surface area contributed by atoms with Gasteiger partial charge in [-0.3, -0.25) is 19.6 Å². The number of pyridine rings is 2. The standard InChI is InChI=1S/C27H36N4O3/c1-17(25(33)30-16-20-6-4-5-13-29-20)21-7-11-27(3)12-8-22(18(2)23(27)24(21)32)31-26(34)19-9-14-28-15-10-19/h4-6,9-10,13-15,17-18,21-24,32H,7-8,11-12,16H2,1-3H3,(H,30,33)(H,31,34)/t17-,18+,21-,22-,23+,24-,27-/m0/s1. The van der Waals surface area contributed by atoms with Crippen molar-refractivity contribution < 1.29 is 14.7 Å². The van der Waals surface area contributed by atoms with Crippen molar-refractivity contribution in [3.8, 4) is 0 Å². The molecule has 34 heavy (non-hydrogen) atoms. The van der Waals surface area contributed by atoms with Gasteiger partial charge >= 0.3 is 0 Å². The predicted octanol–water partition coefficient (Wildman–Crippen LogP) is 3.35. The number of aliphatic hydroxyl groups excluding tert-OH is 1. The van der Waals surface area contributed by atoms with Crippen LogP contribution in [0, 0.1) is 29.1 Å². The fourth-order valence-corrected chi connectivity index (χ4v) is 6.29. The number of fused-ring (bicyclic) bond motifs is 1. The summed E-state index contributed by atoms with van der Waals surface area (Å²) in [7, 11) is 0. The number of hydrogen-bond acceptors (Lipinski definition) is 5. The first-order chi connectivity index (χ1) is 16.3. The normalized spacial score (nSPS) is 31.7. The molecule has 0 unspecified atom stereocenters. The minimum absolute atomic E-state index is 0.0113. The van der Waals surface area contributed by atoms with Gasteiger partial charge in [-0.2, -0.15) is 0 Å². The first-order valence-corrected chi connectivity index (χ1v) is 12.4. The number of nitrogens with one attached hydrogen (secondary N) is 2. The largest absolute Gasteiger partial charge is 0.392 e. The number of aromatic nitrogens is 2. The lowest BCUT2D eigenvalue weighted by Crippen LogP contribution is -2.58. The molecule has 7 heteroatoms. The van der Waals surface area contributed by atoms with Gasteiger partial charge in [0.05, 0.1) is 18.3 Å². The first-order valence-electron chi connectivity index (χ1n) is 12.4. The smallest absolute Gasteiger partial charge is 0.251 e. The van der Waals surface area contributed by atoms with Crippen LogP contribution < -0.4 is 10.6 Å². The molecule has 7 atom stereocenters. The van der Waals surface area contributed by atoms with Gasteiger partial charge in [0.2, 0.25) is 5.91 Å². The molecule has 2 amide bonds. The molecule has 2 aromatic rings. The van der Waals surface area contributed by atoms with Gasteiger partial charge in [0.1, 0.15) is 0 Å². The summed E-state index contributed by atoms with van der Waals surface area (Å²) in [6.45, 7) is 6.70. The molecule has 0 aliphatic heterocycles. The molecule has 2 fully saturated rings. The summed E-state index contributed by atoms with van der Waals surface area (Å²) in [6.07, 6.45) is 8.00. The van der Waals surface area contributed by atoms with E-state index in [4.69, 9.17) is 0 Å². The Morgan fingerprint density at radius 1 is 1.15 bits per heavy atom. The Bertz CT molecular complexity index is 986. The average Bonchev–Trinajstić information content (AvgIpc) is 2.85. The maximum atomic E-state index is 12.9. The lowest BCUT2D eigenvalue weighted by molar-refractivity contribution is -0.142. The topological polar surface area (TPSA) is 104 Å². The van der Waals surface area contributed by atoms with Gasteiger partial charge in [-0.05, 0) is 73.1 Å². The number of carbonyl (C=O) groups excluding carboxylic acids is 2. The molecule has 2 saturated carbocycles. The van der Waals surface area contributed by atoms with Crippen molar-refractivity contribution in [2.75, 3.05) is 0 Å². The summed E-state index contributed by atoms with van der Waals surface area (Å²) in [4.78, 5) is 34.0. The molecule has 2 heterocycles. The summed E-state index contributed by atoms with van der Waals surface area (Å²) in [5.74, 6) is -0.447. The van der Waals surface area contributed by atoms with E-state index in [1.807, 2.05) is 25.1 Å². The number of amides is 2. The lowest BCUT2D eigenvalue weighted by Gasteiger charge is -2.56. The van der Waals surface area contributed by atoms with Crippen LogP contribution in [0.25, 0.3) is 0 Å². The lowest BCUT2D eigenvalue weighted by atomic mass is 9.51. The van der Waals surface area contributed by atoms with Crippen LogP contribution in [-0.2, 0) is 11.3 Å². The predicted molar refractivity (Wildman–Crippen MR) is 129 cm³/mol. The quantitative estimate of drug-likeness (QED) is 0.608.